The Hall–Kier alpha value is -3.15. The SMILES string of the molecule is COc1cccc([C@H]2N(Cc3ccccc3)CC(=O)N2/N=C(/C)c2ccc(Cl)cc2)c1. The maximum Gasteiger partial charge on any atom is 0.258 e. The van der Waals surface area contributed by atoms with Gasteiger partial charge in [0.2, 0.25) is 0 Å². The molecule has 1 aliphatic heterocycles. The minimum absolute atomic E-state index is 0.0444. The van der Waals surface area contributed by atoms with Crippen molar-refractivity contribution in [2.45, 2.75) is 19.6 Å². The molecule has 1 fully saturated rings. The molecular weight excluding hydrogens is 410 g/mol. The number of nitrogens with zero attached hydrogens (tertiary/aromatic N) is 3. The molecule has 158 valence electrons. The van der Waals surface area contributed by atoms with Crippen LogP contribution in [0.1, 0.15) is 29.8 Å². The van der Waals surface area contributed by atoms with Crippen molar-refractivity contribution in [3.8, 4) is 5.75 Å². The Morgan fingerprint density at radius 1 is 1.06 bits per heavy atom. The number of hydrazone groups is 1. The molecule has 4 rings (SSSR count). The van der Waals surface area contributed by atoms with E-state index in [9.17, 15) is 4.79 Å². The zero-order valence-corrected chi connectivity index (χ0v) is 18.3. The van der Waals surface area contributed by atoms with Crippen molar-refractivity contribution in [1.29, 1.82) is 0 Å². The van der Waals surface area contributed by atoms with Gasteiger partial charge in [-0.3, -0.25) is 9.69 Å². The van der Waals surface area contributed by atoms with Gasteiger partial charge in [-0.25, -0.2) is 5.01 Å². The van der Waals surface area contributed by atoms with E-state index in [2.05, 4.69) is 17.0 Å². The summed E-state index contributed by atoms with van der Waals surface area (Å²) in [4.78, 5) is 15.2. The van der Waals surface area contributed by atoms with Gasteiger partial charge >= 0.3 is 0 Å². The molecule has 3 aromatic rings. The molecule has 0 spiro atoms. The first kappa shape index (κ1) is 21.1. The highest BCUT2D eigenvalue weighted by atomic mass is 35.5. The molecule has 0 N–H and O–H groups in total. The van der Waals surface area contributed by atoms with Crippen LogP contribution in [0.2, 0.25) is 5.02 Å². The first-order valence-electron chi connectivity index (χ1n) is 10.1. The van der Waals surface area contributed by atoms with E-state index < -0.39 is 0 Å². The van der Waals surface area contributed by atoms with Crippen LogP contribution in [0.3, 0.4) is 0 Å². The van der Waals surface area contributed by atoms with Crippen LogP contribution in [-0.4, -0.2) is 35.2 Å². The summed E-state index contributed by atoms with van der Waals surface area (Å²) in [6, 6.07) is 25.4. The number of rotatable bonds is 6. The lowest BCUT2D eigenvalue weighted by atomic mass is 10.1. The summed E-state index contributed by atoms with van der Waals surface area (Å²) >= 11 is 6.01. The molecule has 1 saturated heterocycles. The minimum Gasteiger partial charge on any atom is -0.497 e. The summed E-state index contributed by atoms with van der Waals surface area (Å²) < 4.78 is 5.42. The predicted octanol–water partition coefficient (Wildman–Crippen LogP) is 5.12. The summed E-state index contributed by atoms with van der Waals surface area (Å²) in [7, 11) is 1.64. The Labute approximate surface area is 187 Å². The zero-order chi connectivity index (χ0) is 21.8. The number of benzene rings is 3. The Balaban J connectivity index is 1.71. The van der Waals surface area contributed by atoms with Crippen molar-refractivity contribution in [3.05, 3.63) is 101 Å². The molecule has 0 bridgehead atoms. The monoisotopic (exact) mass is 433 g/mol. The molecule has 6 heteroatoms. The number of ether oxygens (including phenoxy) is 1. The van der Waals surface area contributed by atoms with Gasteiger partial charge in [-0.2, -0.15) is 5.10 Å². The topological polar surface area (TPSA) is 45.1 Å². The van der Waals surface area contributed by atoms with Crippen molar-refractivity contribution >= 4 is 23.2 Å². The van der Waals surface area contributed by atoms with Gasteiger partial charge in [-0.1, -0.05) is 66.2 Å². The largest absolute Gasteiger partial charge is 0.497 e. The fraction of sp³-hybridized carbons (Fsp3) is 0.200. The third-order valence-electron chi connectivity index (χ3n) is 5.31. The van der Waals surface area contributed by atoms with E-state index in [0.717, 1.165) is 28.2 Å². The van der Waals surface area contributed by atoms with Crippen LogP contribution in [0.5, 0.6) is 5.75 Å². The highest BCUT2D eigenvalue weighted by Gasteiger charge is 2.39. The Morgan fingerprint density at radius 3 is 2.52 bits per heavy atom. The van der Waals surface area contributed by atoms with Gasteiger partial charge in [0.15, 0.2) is 0 Å². The van der Waals surface area contributed by atoms with E-state index in [4.69, 9.17) is 21.4 Å². The third-order valence-corrected chi connectivity index (χ3v) is 5.56. The van der Waals surface area contributed by atoms with Crippen LogP contribution in [-0.2, 0) is 11.3 Å². The molecule has 0 unspecified atom stereocenters. The van der Waals surface area contributed by atoms with Crippen LogP contribution in [0.15, 0.2) is 84.0 Å². The first-order valence-corrected chi connectivity index (χ1v) is 10.5. The fourth-order valence-corrected chi connectivity index (χ4v) is 3.89. The molecule has 0 aromatic heterocycles. The molecule has 1 heterocycles. The van der Waals surface area contributed by atoms with Gasteiger partial charge in [0, 0.05) is 11.6 Å². The maximum absolute atomic E-state index is 13.1. The van der Waals surface area contributed by atoms with Gasteiger partial charge in [0.05, 0.1) is 19.4 Å². The summed E-state index contributed by atoms with van der Waals surface area (Å²) in [5.74, 6) is 0.701. The van der Waals surface area contributed by atoms with Crippen LogP contribution in [0.25, 0.3) is 0 Å². The van der Waals surface area contributed by atoms with E-state index in [1.165, 1.54) is 0 Å². The predicted molar refractivity (Wildman–Crippen MR) is 123 cm³/mol. The number of halogens is 1. The molecule has 3 aromatic carbocycles. The zero-order valence-electron chi connectivity index (χ0n) is 17.5. The van der Waals surface area contributed by atoms with Crippen molar-refractivity contribution in [2.24, 2.45) is 5.10 Å². The maximum atomic E-state index is 13.1. The van der Waals surface area contributed by atoms with E-state index in [-0.39, 0.29) is 18.6 Å². The standard InChI is InChI=1S/C25H24ClN3O2/c1-18(20-11-13-22(26)14-12-20)27-29-24(30)17-28(16-19-7-4-3-5-8-19)25(29)21-9-6-10-23(15-21)31-2/h3-15,25H,16-17H2,1-2H3/b27-18-/t25-/m0/s1. The average Bonchev–Trinajstić information content (AvgIpc) is 3.09. The number of methoxy groups -OCH3 is 1. The second-order valence-electron chi connectivity index (χ2n) is 7.47. The number of carbonyl (C=O) groups is 1. The lowest BCUT2D eigenvalue weighted by Gasteiger charge is -2.28. The molecule has 0 saturated carbocycles. The molecule has 0 aliphatic carbocycles. The van der Waals surface area contributed by atoms with E-state index in [1.54, 1.807) is 12.1 Å². The van der Waals surface area contributed by atoms with Crippen molar-refractivity contribution < 1.29 is 9.53 Å². The van der Waals surface area contributed by atoms with E-state index >= 15 is 0 Å². The van der Waals surface area contributed by atoms with Crippen molar-refractivity contribution in [3.63, 3.8) is 0 Å². The Morgan fingerprint density at radius 2 is 1.81 bits per heavy atom. The number of hydrogen-bond acceptors (Lipinski definition) is 4. The second-order valence-corrected chi connectivity index (χ2v) is 7.91. The van der Waals surface area contributed by atoms with Crippen LogP contribution in [0, 0.1) is 0 Å². The average molecular weight is 434 g/mol. The normalized spacial score (nSPS) is 17.3. The van der Waals surface area contributed by atoms with Crippen LogP contribution >= 0.6 is 11.6 Å². The third kappa shape index (κ3) is 4.79. The highest BCUT2D eigenvalue weighted by Crippen LogP contribution is 2.34. The highest BCUT2D eigenvalue weighted by molar-refractivity contribution is 6.30. The second kappa shape index (κ2) is 9.33. The molecule has 1 aliphatic rings. The van der Waals surface area contributed by atoms with Gasteiger partial charge < -0.3 is 4.74 Å². The van der Waals surface area contributed by atoms with Crippen molar-refractivity contribution in [1.82, 2.24) is 9.91 Å². The number of hydrogen-bond donors (Lipinski definition) is 0. The van der Waals surface area contributed by atoms with E-state index in [0.29, 0.717) is 11.6 Å². The lowest BCUT2D eigenvalue weighted by Crippen LogP contribution is -2.29. The van der Waals surface area contributed by atoms with Gasteiger partial charge in [0.25, 0.3) is 5.91 Å². The molecule has 31 heavy (non-hydrogen) atoms. The summed E-state index contributed by atoms with van der Waals surface area (Å²) in [5.41, 5.74) is 3.76. The van der Waals surface area contributed by atoms with Gasteiger partial charge in [-0.05, 0) is 47.9 Å². The Kier molecular flexibility index (Phi) is 6.35. The minimum atomic E-state index is -0.329. The molecule has 1 amide bonds. The quantitative estimate of drug-likeness (QED) is 0.507. The lowest BCUT2D eigenvalue weighted by molar-refractivity contribution is -0.128. The first-order chi connectivity index (χ1) is 15.0. The van der Waals surface area contributed by atoms with Crippen LogP contribution in [0.4, 0.5) is 0 Å². The molecule has 1 atom stereocenters. The molecule has 5 nitrogen and oxygen atoms in total. The van der Waals surface area contributed by atoms with E-state index in [1.807, 2.05) is 73.7 Å². The Bertz CT molecular complexity index is 1080. The summed E-state index contributed by atoms with van der Waals surface area (Å²) in [6.07, 6.45) is -0.329. The summed E-state index contributed by atoms with van der Waals surface area (Å²) in [6.45, 7) is 2.83. The van der Waals surface area contributed by atoms with Gasteiger partial charge in [-0.15, -0.1) is 0 Å². The molecule has 0 radical (unpaired) electrons. The number of amides is 1. The van der Waals surface area contributed by atoms with Crippen molar-refractivity contribution in [2.75, 3.05) is 13.7 Å². The number of carbonyl (C=O) groups excluding carboxylic acids is 1. The van der Waals surface area contributed by atoms with Gasteiger partial charge in [0.1, 0.15) is 11.9 Å². The molecular formula is C25H24ClN3O2. The summed E-state index contributed by atoms with van der Waals surface area (Å²) in [5, 5.41) is 6.99. The van der Waals surface area contributed by atoms with Crippen LogP contribution < -0.4 is 4.74 Å². The fourth-order valence-electron chi connectivity index (χ4n) is 3.76. The smallest absolute Gasteiger partial charge is 0.258 e.